The molecular formula is C11H12Cl. The predicted molar refractivity (Wildman–Crippen MR) is 52.3 cm³/mol. The molecule has 0 bridgehead atoms. The molecule has 1 fully saturated rings. The summed E-state index contributed by atoms with van der Waals surface area (Å²) in [5.41, 5.74) is 1.36. The van der Waals surface area contributed by atoms with Gasteiger partial charge in [-0.3, -0.25) is 0 Å². The van der Waals surface area contributed by atoms with Gasteiger partial charge in [-0.05, 0) is 42.9 Å². The minimum Gasteiger partial charge on any atom is -0.0843 e. The van der Waals surface area contributed by atoms with Gasteiger partial charge in [-0.25, -0.2) is 0 Å². The van der Waals surface area contributed by atoms with E-state index in [0.717, 1.165) is 11.4 Å². The van der Waals surface area contributed by atoms with E-state index in [1.807, 2.05) is 12.1 Å². The average Bonchev–Trinajstić information content (AvgIpc) is 1.97. The van der Waals surface area contributed by atoms with Crippen LogP contribution in [0.2, 0.25) is 5.02 Å². The number of halogens is 1. The maximum absolute atomic E-state index is 5.88. The highest BCUT2D eigenvalue weighted by Gasteiger charge is 2.17. The van der Waals surface area contributed by atoms with Gasteiger partial charge in [0.2, 0.25) is 0 Å². The van der Waals surface area contributed by atoms with Gasteiger partial charge in [-0.15, -0.1) is 0 Å². The molecule has 0 unspecified atom stereocenters. The molecule has 1 aliphatic carbocycles. The summed E-state index contributed by atoms with van der Waals surface area (Å²) in [7, 11) is 0. The lowest BCUT2D eigenvalue weighted by molar-refractivity contribution is 0.528. The zero-order valence-electron chi connectivity index (χ0n) is 7.02. The van der Waals surface area contributed by atoms with E-state index in [2.05, 4.69) is 12.1 Å². The molecule has 0 nitrogen and oxygen atoms in total. The van der Waals surface area contributed by atoms with Crippen LogP contribution < -0.4 is 0 Å². The van der Waals surface area contributed by atoms with Crippen molar-refractivity contribution in [2.24, 2.45) is 0 Å². The van der Waals surface area contributed by atoms with E-state index < -0.39 is 0 Å². The molecule has 0 amide bonds. The van der Waals surface area contributed by atoms with Crippen LogP contribution in [0.15, 0.2) is 24.3 Å². The zero-order valence-corrected chi connectivity index (χ0v) is 7.77. The molecule has 0 saturated heterocycles. The first-order valence-corrected chi connectivity index (χ1v) is 4.80. The first-order chi connectivity index (χ1) is 5.84. The van der Waals surface area contributed by atoms with E-state index in [9.17, 15) is 0 Å². The van der Waals surface area contributed by atoms with Gasteiger partial charge in [0.05, 0.1) is 0 Å². The van der Waals surface area contributed by atoms with Crippen LogP contribution in [0.1, 0.15) is 24.8 Å². The third-order valence-electron chi connectivity index (χ3n) is 2.40. The molecule has 0 N–H and O–H groups in total. The van der Waals surface area contributed by atoms with Crippen molar-refractivity contribution in [2.45, 2.75) is 25.7 Å². The Morgan fingerprint density at radius 2 is 2.08 bits per heavy atom. The fourth-order valence-electron chi connectivity index (χ4n) is 1.54. The standard InChI is InChI=1S/C11H12Cl/c12-11-6-2-5-10(8-11)7-9-3-1-4-9/h2,5-6,8H,1,3-4,7H2. The van der Waals surface area contributed by atoms with Crippen molar-refractivity contribution in [1.29, 1.82) is 0 Å². The maximum atomic E-state index is 5.88. The molecule has 63 valence electrons. The highest BCUT2D eigenvalue weighted by atomic mass is 35.5. The maximum Gasteiger partial charge on any atom is 0.0408 e. The topological polar surface area (TPSA) is 0 Å². The summed E-state index contributed by atoms with van der Waals surface area (Å²) in [6.45, 7) is 0. The molecular weight excluding hydrogens is 168 g/mol. The summed E-state index contributed by atoms with van der Waals surface area (Å²) in [6.07, 6.45) is 5.18. The number of rotatable bonds is 2. The second kappa shape index (κ2) is 3.49. The smallest absolute Gasteiger partial charge is 0.0408 e. The largest absolute Gasteiger partial charge is 0.0843 e. The highest BCUT2D eigenvalue weighted by Crippen LogP contribution is 2.32. The number of benzene rings is 1. The third kappa shape index (κ3) is 1.81. The summed E-state index contributed by atoms with van der Waals surface area (Å²) in [4.78, 5) is 0. The lowest BCUT2D eigenvalue weighted by Gasteiger charge is -2.24. The first kappa shape index (κ1) is 8.12. The average molecular weight is 180 g/mol. The van der Waals surface area contributed by atoms with Crippen molar-refractivity contribution in [1.82, 2.24) is 0 Å². The van der Waals surface area contributed by atoms with Crippen LogP contribution in [0.5, 0.6) is 0 Å². The van der Waals surface area contributed by atoms with Gasteiger partial charge in [-0.2, -0.15) is 0 Å². The van der Waals surface area contributed by atoms with Crippen molar-refractivity contribution >= 4 is 11.6 Å². The highest BCUT2D eigenvalue weighted by molar-refractivity contribution is 6.30. The summed E-state index contributed by atoms with van der Waals surface area (Å²) in [6, 6.07) is 8.16. The van der Waals surface area contributed by atoms with E-state index in [4.69, 9.17) is 11.6 Å². The molecule has 1 aliphatic rings. The van der Waals surface area contributed by atoms with Gasteiger partial charge in [-0.1, -0.05) is 30.2 Å². The normalized spacial score (nSPS) is 17.4. The molecule has 0 aromatic heterocycles. The van der Waals surface area contributed by atoms with Crippen LogP contribution >= 0.6 is 11.6 Å². The van der Waals surface area contributed by atoms with Crippen molar-refractivity contribution in [2.75, 3.05) is 0 Å². The molecule has 0 heterocycles. The number of hydrogen-bond donors (Lipinski definition) is 0. The SMILES string of the molecule is Clc1cccc(C[C]2CCC2)c1. The van der Waals surface area contributed by atoms with Crippen molar-refractivity contribution < 1.29 is 0 Å². The molecule has 2 rings (SSSR count). The van der Waals surface area contributed by atoms with Gasteiger partial charge >= 0.3 is 0 Å². The minimum atomic E-state index is 0.854. The molecule has 1 aromatic rings. The Bertz CT molecular complexity index is 263. The molecule has 0 aliphatic heterocycles. The molecule has 1 saturated carbocycles. The van der Waals surface area contributed by atoms with Crippen molar-refractivity contribution in [3.8, 4) is 0 Å². The van der Waals surface area contributed by atoms with Crippen LogP contribution in [0, 0.1) is 5.92 Å². The van der Waals surface area contributed by atoms with E-state index in [0.29, 0.717) is 0 Å². The van der Waals surface area contributed by atoms with Crippen LogP contribution in [0.3, 0.4) is 0 Å². The van der Waals surface area contributed by atoms with Gasteiger partial charge < -0.3 is 0 Å². The Hall–Kier alpha value is -0.490. The lowest BCUT2D eigenvalue weighted by atomic mass is 9.81. The number of hydrogen-bond acceptors (Lipinski definition) is 0. The first-order valence-electron chi connectivity index (χ1n) is 4.42. The van der Waals surface area contributed by atoms with Crippen LogP contribution in [-0.2, 0) is 6.42 Å². The quantitative estimate of drug-likeness (QED) is 0.651. The van der Waals surface area contributed by atoms with Gasteiger partial charge in [0.1, 0.15) is 0 Å². The monoisotopic (exact) mass is 179 g/mol. The Balaban J connectivity index is 2.02. The van der Waals surface area contributed by atoms with Crippen molar-refractivity contribution in [3.05, 3.63) is 40.8 Å². The summed E-state index contributed by atoms with van der Waals surface area (Å²) < 4.78 is 0. The van der Waals surface area contributed by atoms with Crippen LogP contribution in [0.25, 0.3) is 0 Å². The summed E-state index contributed by atoms with van der Waals surface area (Å²) in [5, 5.41) is 0.854. The van der Waals surface area contributed by atoms with E-state index in [-0.39, 0.29) is 0 Å². The summed E-state index contributed by atoms with van der Waals surface area (Å²) in [5.74, 6) is 1.68. The zero-order chi connectivity index (χ0) is 8.39. The second-order valence-corrected chi connectivity index (χ2v) is 3.85. The summed E-state index contributed by atoms with van der Waals surface area (Å²) >= 11 is 5.88. The Morgan fingerprint density at radius 1 is 1.25 bits per heavy atom. The van der Waals surface area contributed by atoms with E-state index in [1.165, 1.54) is 24.8 Å². The molecule has 1 heteroatoms. The molecule has 0 spiro atoms. The fraction of sp³-hybridized carbons (Fsp3) is 0.364. The molecule has 1 aromatic carbocycles. The van der Waals surface area contributed by atoms with Gasteiger partial charge in [0, 0.05) is 5.02 Å². The predicted octanol–water partition coefficient (Wildman–Crippen LogP) is 3.64. The molecule has 12 heavy (non-hydrogen) atoms. The minimum absolute atomic E-state index is 0.854. The van der Waals surface area contributed by atoms with Gasteiger partial charge in [0.15, 0.2) is 0 Å². The fourth-order valence-corrected chi connectivity index (χ4v) is 1.75. The third-order valence-corrected chi connectivity index (χ3v) is 2.64. The van der Waals surface area contributed by atoms with Crippen LogP contribution in [0.4, 0.5) is 0 Å². The second-order valence-electron chi connectivity index (χ2n) is 3.41. The molecule has 0 atom stereocenters. The van der Waals surface area contributed by atoms with Gasteiger partial charge in [0.25, 0.3) is 0 Å². The Morgan fingerprint density at radius 3 is 2.67 bits per heavy atom. The lowest BCUT2D eigenvalue weighted by Crippen LogP contribution is -2.10. The molecule has 1 radical (unpaired) electrons. The van der Waals surface area contributed by atoms with E-state index >= 15 is 0 Å². The Kier molecular flexibility index (Phi) is 2.36. The van der Waals surface area contributed by atoms with Crippen molar-refractivity contribution in [3.63, 3.8) is 0 Å². The van der Waals surface area contributed by atoms with Crippen LogP contribution in [-0.4, -0.2) is 0 Å². The Labute approximate surface area is 78.6 Å². The van der Waals surface area contributed by atoms with E-state index in [1.54, 1.807) is 5.92 Å².